The first-order chi connectivity index (χ1) is 12.7. The highest BCUT2D eigenvalue weighted by Gasteiger charge is 2.28. The molecule has 0 unspecified atom stereocenters. The van der Waals surface area contributed by atoms with Crippen LogP contribution in [0.4, 0.5) is 0 Å². The largest absolute Gasteiger partial charge is 0.486 e. The molecule has 1 aliphatic heterocycles. The zero-order chi connectivity index (χ0) is 17.9. The SMILES string of the molecule is Cc1cccc(C(=O)N2CCc3onc(COc4cccnc4)c3C2)n1. The Morgan fingerprint density at radius 2 is 2.23 bits per heavy atom. The highest BCUT2D eigenvalue weighted by molar-refractivity contribution is 5.92. The molecule has 0 radical (unpaired) electrons. The second-order valence-electron chi connectivity index (χ2n) is 6.15. The fourth-order valence-electron chi connectivity index (χ4n) is 2.96. The molecule has 7 heteroatoms. The number of hydrogen-bond acceptors (Lipinski definition) is 6. The average Bonchev–Trinajstić information content (AvgIpc) is 3.09. The van der Waals surface area contributed by atoms with E-state index in [2.05, 4.69) is 15.1 Å². The van der Waals surface area contributed by atoms with Crippen LogP contribution in [-0.2, 0) is 19.6 Å². The predicted octanol–water partition coefficient (Wildman–Crippen LogP) is 2.55. The van der Waals surface area contributed by atoms with E-state index in [1.165, 1.54) is 0 Å². The van der Waals surface area contributed by atoms with Crippen LogP contribution in [0.15, 0.2) is 47.2 Å². The summed E-state index contributed by atoms with van der Waals surface area (Å²) in [6, 6.07) is 9.10. The summed E-state index contributed by atoms with van der Waals surface area (Å²) in [5, 5.41) is 4.12. The topological polar surface area (TPSA) is 81.4 Å². The van der Waals surface area contributed by atoms with Gasteiger partial charge in [0.15, 0.2) is 0 Å². The Hall–Kier alpha value is -3.22. The van der Waals surface area contributed by atoms with E-state index >= 15 is 0 Å². The van der Waals surface area contributed by atoms with Crippen LogP contribution >= 0.6 is 0 Å². The van der Waals surface area contributed by atoms with E-state index in [1.54, 1.807) is 23.4 Å². The van der Waals surface area contributed by atoms with Crippen LogP contribution in [0.1, 0.15) is 33.2 Å². The molecule has 0 fully saturated rings. The van der Waals surface area contributed by atoms with E-state index in [9.17, 15) is 4.79 Å². The maximum Gasteiger partial charge on any atom is 0.272 e. The summed E-state index contributed by atoms with van der Waals surface area (Å²) in [5.41, 5.74) is 2.90. The Morgan fingerprint density at radius 3 is 3.04 bits per heavy atom. The van der Waals surface area contributed by atoms with Gasteiger partial charge >= 0.3 is 0 Å². The highest BCUT2D eigenvalue weighted by Crippen LogP contribution is 2.24. The molecule has 0 saturated carbocycles. The van der Waals surface area contributed by atoms with Crippen LogP contribution in [0.25, 0.3) is 0 Å². The summed E-state index contributed by atoms with van der Waals surface area (Å²) in [7, 11) is 0. The first-order valence-corrected chi connectivity index (χ1v) is 8.43. The minimum atomic E-state index is -0.0836. The van der Waals surface area contributed by atoms with Crippen molar-refractivity contribution in [3.05, 3.63) is 71.1 Å². The van der Waals surface area contributed by atoms with Crippen LogP contribution in [0.5, 0.6) is 5.75 Å². The van der Waals surface area contributed by atoms with Crippen molar-refractivity contribution in [1.29, 1.82) is 0 Å². The first-order valence-electron chi connectivity index (χ1n) is 8.43. The number of aryl methyl sites for hydroxylation is 1. The summed E-state index contributed by atoms with van der Waals surface area (Å²) < 4.78 is 11.1. The molecular weight excluding hydrogens is 332 g/mol. The Morgan fingerprint density at radius 1 is 1.31 bits per heavy atom. The number of aromatic nitrogens is 3. The van der Waals surface area contributed by atoms with E-state index < -0.39 is 0 Å². The van der Waals surface area contributed by atoms with Gasteiger partial charge in [0.25, 0.3) is 5.91 Å². The molecule has 0 aromatic carbocycles. The molecule has 26 heavy (non-hydrogen) atoms. The first kappa shape index (κ1) is 16.3. The van der Waals surface area contributed by atoms with Gasteiger partial charge in [0.2, 0.25) is 0 Å². The van der Waals surface area contributed by atoms with Crippen molar-refractivity contribution in [1.82, 2.24) is 20.0 Å². The Kier molecular flexibility index (Phi) is 4.35. The summed E-state index contributed by atoms with van der Waals surface area (Å²) in [4.78, 5) is 22.9. The fourth-order valence-corrected chi connectivity index (χ4v) is 2.96. The van der Waals surface area contributed by atoms with Crippen molar-refractivity contribution in [2.24, 2.45) is 0 Å². The van der Waals surface area contributed by atoms with Crippen molar-refractivity contribution < 1.29 is 14.1 Å². The van der Waals surface area contributed by atoms with Crippen LogP contribution in [0.2, 0.25) is 0 Å². The third-order valence-electron chi connectivity index (χ3n) is 4.31. The van der Waals surface area contributed by atoms with Gasteiger partial charge in [-0.05, 0) is 31.2 Å². The van der Waals surface area contributed by atoms with Gasteiger partial charge in [-0.15, -0.1) is 0 Å². The minimum absolute atomic E-state index is 0.0836. The molecule has 0 atom stereocenters. The lowest BCUT2D eigenvalue weighted by Crippen LogP contribution is -2.36. The molecule has 4 heterocycles. The molecule has 0 aliphatic carbocycles. The number of pyridine rings is 2. The third-order valence-corrected chi connectivity index (χ3v) is 4.31. The maximum atomic E-state index is 12.7. The van der Waals surface area contributed by atoms with Crippen molar-refractivity contribution in [2.45, 2.75) is 26.5 Å². The molecule has 0 N–H and O–H groups in total. The van der Waals surface area contributed by atoms with E-state index in [1.807, 2.05) is 31.2 Å². The number of carbonyl (C=O) groups is 1. The summed E-state index contributed by atoms with van der Waals surface area (Å²) in [5.74, 6) is 1.40. The van der Waals surface area contributed by atoms with Gasteiger partial charge in [-0.3, -0.25) is 9.78 Å². The molecule has 0 bridgehead atoms. The minimum Gasteiger partial charge on any atom is -0.486 e. The fraction of sp³-hybridized carbons (Fsp3) is 0.263. The number of fused-ring (bicyclic) bond motifs is 1. The van der Waals surface area contributed by atoms with Crippen LogP contribution in [-0.4, -0.2) is 32.5 Å². The zero-order valence-electron chi connectivity index (χ0n) is 14.4. The normalized spacial score (nSPS) is 13.3. The number of carbonyl (C=O) groups excluding carboxylic acids is 1. The quantitative estimate of drug-likeness (QED) is 0.719. The van der Waals surface area contributed by atoms with Gasteiger partial charge in [-0.2, -0.15) is 0 Å². The molecule has 3 aromatic rings. The summed E-state index contributed by atoms with van der Waals surface area (Å²) in [6.45, 7) is 3.17. The molecular formula is C19H18N4O3. The van der Waals surface area contributed by atoms with Crippen LogP contribution in [0, 0.1) is 6.92 Å². The van der Waals surface area contributed by atoms with E-state index in [-0.39, 0.29) is 12.5 Å². The number of amides is 1. The zero-order valence-corrected chi connectivity index (χ0v) is 14.4. The van der Waals surface area contributed by atoms with Gasteiger partial charge in [-0.25, -0.2) is 4.98 Å². The van der Waals surface area contributed by atoms with E-state index in [4.69, 9.17) is 9.26 Å². The van der Waals surface area contributed by atoms with Crippen molar-refractivity contribution >= 4 is 5.91 Å². The molecule has 4 rings (SSSR count). The molecule has 1 amide bonds. The highest BCUT2D eigenvalue weighted by atomic mass is 16.5. The van der Waals surface area contributed by atoms with E-state index in [0.29, 0.717) is 36.6 Å². The number of rotatable bonds is 4. The number of ether oxygens (including phenoxy) is 1. The van der Waals surface area contributed by atoms with Gasteiger partial charge in [-0.1, -0.05) is 11.2 Å². The summed E-state index contributed by atoms with van der Waals surface area (Å²) >= 11 is 0. The molecule has 1 aliphatic rings. The Bertz CT molecular complexity index is 924. The summed E-state index contributed by atoms with van der Waals surface area (Å²) in [6.07, 6.45) is 3.96. The smallest absolute Gasteiger partial charge is 0.272 e. The predicted molar refractivity (Wildman–Crippen MR) is 92.5 cm³/mol. The Balaban J connectivity index is 1.49. The second kappa shape index (κ2) is 6.95. The molecule has 3 aromatic heterocycles. The van der Waals surface area contributed by atoms with Gasteiger partial charge in [0, 0.05) is 30.4 Å². The van der Waals surface area contributed by atoms with E-state index in [0.717, 1.165) is 17.0 Å². The van der Waals surface area contributed by atoms with Crippen molar-refractivity contribution in [3.8, 4) is 5.75 Å². The van der Waals surface area contributed by atoms with Gasteiger partial charge < -0.3 is 14.2 Å². The van der Waals surface area contributed by atoms with Crippen LogP contribution in [0.3, 0.4) is 0 Å². The lowest BCUT2D eigenvalue weighted by atomic mass is 10.1. The molecule has 0 spiro atoms. The number of hydrogen-bond donors (Lipinski definition) is 0. The maximum absolute atomic E-state index is 12.7. The van der Waals surface area contributed by atoms with Crippen molar-refractivity contribution in [2.75, 3.05) is 6.54 Å². The third kappa shape index (κ3) is 3.28. The molecule has 0 saturated heterocycles. The molecule has 132 valence electrons. The number of nitrogens with zero attached hydrogens (tertiary/aromatic N) is 4. The Labute approximate surface area is 150 Å². The monoisotopic (exact) mass is 350 g/mol. The van der Waals surface area contributed by atoms with Gasteiger partial charge in [0.05, 0.1) is 12.7 Å². The lowest BCUT2D eigenvalue weighted by Gasteiger charge is -2.26. The second-order valence-corrected chi connectivity index (χ2v) is 6.15. The van der Waals surface area contributed by atoms with Gasteiger partial charge in [0.1, 0.15) is 29.5 Å². The molecule has 7 nitrogen and oxygen atoms in total. The lowest BCUT2D eigenvalue weighted by molar-refractivity contribution is 0.0722. The van der Waals surface area contributed by atoms with Crippen LogP contribution < -0.4 is 4.74 Å². The average molecular weight is 350 g/mol. The standard InChI is InChI=1S/C19H18N4O3/c1-13-4-2-6-16(21-13)19(24)23-9-7-18-15(11-23)17(22-26-18)12-25-14-5-3-8-20-10-14/h2-6,8,10H,7,9,11-12H2,1H3. The van der Waals surface area contributed by atoms with Crippen molar-refractivity contribution in [3.63, 3.8) is 0 Å².